The van der Waals surface area contributed by atoms with E-state index in [-0.39, 0.29) is 49.0 Å². The van der Waals surface area contributed by atoms with E-state index >= 15 is 0 Å². The average molecular weight is 202 g/mol. The van der Waals surface area contributed by atoms with Crippen LogP contribution in [0, 0.1) is 35.5 Å². The van der Waals surface area contributed by atoms with E-state index in [9.17, 15) is 0 Å². The molecule has 0 saturated carbocycles. The van der Waals surface area contributed by atoms with Crippen molar-refractivity contribution in [3.63, 3.8) is 0 Å². The molecule has 8 heavy (non-hydrogen) atoms. The molecule has 0 aliphatic rings. The molecule has 0 rings (SSSR count). The summed E-state index contributed by atoms with van der Waals surface area (Å²) in [5.41, 5.74) is 0. The van der Waals surface area contributed by atoms with Crippen LogP contribution in [0.15, 0.2) is 0 Å². The molecule has 0 heterocycles. The number of hydrogen-bond donors (Lipinski definition) is 0. The Kier molecular flexibility index (Phi) is 161000. The van der Waals surface area contributed by atoms with Crippen LogP contribution >= 0.6 is 0 Å². The molecular weight excluding hydrogens is 202 g/mol. The molecule has 0 radical (unpaired) electrons. The first-order chi connectivity index (χ1) is 3.00. The molecule has 0 aromatic rings. The van der Waals surface area contributed by atoms with Crippen molar-refractivity contribution in [3.05, 3.63) is 19.7 Å². The van der Waals surface area contributed by atoms with Crippen molar-refractivity contribution in [2.45, 2.75) is 0 Å². The predicted molar refractivity (Wildman–Crippen MR) is 14.9 cm³/mol. The SMILES string of the molecule is [C-]#N.[C-]#N.[C-]#N.[Na+].[Ru+2]. The molecule has 0 atom stereocenters. The summed E-state index contributed by atoms with van der Waals surface area (Å²) in [6, 6.07) is 0. The summed E-state index contributed by atoms with van der Waals surface area (Å²) < 4.78 is 0. The van der Waals surface area contributed by atoms with Crippen molar-refractivity contribution < 1.29 is 49.0 Å². The van der Waals surface area contributed by atoms with Gasteiger partial charge in [0.05, 0.1) is 0 Å². The Morgan fingerprint density at radius 1 is 0.625 bits per heavy atom. The van der Waals surface area contributed by atoms with Gasteiger partial charge in [0, 0.05) is 0 Å². The van der Waals surface area contributed by atoms with Gasteiger partial charge in [0.15, 0.2) is 0 Å². The molecule has 0 aromatic carbocycles. The summed E-state index contributed by atoms with van der Waals surface area (Å²) in [4.78, 5) is 0. The van der Waals surface area contributed by atoms with Crippen LogP contribution in [0.3, 0.4) is 0 Å². The van der Waals surface area contributed by atoms with Crippen LogP contribution in [0.5, 0.6) is 0 Å². The van der Waals surface area contributed by atoms with Crippen molar-refractivity contribution in [1.82, 2.24) is 0 Å². The summed E-state index contributed by atoms with van der Waals surface area (Å²) >= 11 is 0. The monoisotopic (exact) mass is 203 g/mol. The Labute approximate surface area is 84.0 Å². The molecule has 0 spiro atoms. The molecule has 36 valence electrons. The van der Waals surface area contributed by atoms with Gasteiger partial charge in [-0.15, -0.1) is 0 Å². The van der Waals surface area contributed by atoms with Gasteiger partial charge >= 0.3 is 49.0 Å². The van der Waals surface area contributed by atoms with E-state index in [2.05, 4.69) is 0 Å². The quantitative estimate of drug-likeness (QED) is 0.317. The van der Waals surface area contributed by atoms with Crippen LogP contribution in [-0.4, -0.2) is 0 Å². The molecule has 0 fully saturated rings. The van der Waals surface area contributed by atoms with Crippen LogP contribution in [0.2, 0.25) is 0 Å². The number of hydrogen-bond acceptors (Lipinski definition) is 3. The molecule has 0 aliphatic carbocycles. The fourth-order valence-electron chi connectivity index (χ4n) is 0. The summed E-state index contributed by atoms with van der Waals surface area (Å²) in [7, 11) is 0. The maximum Gasteiger partial charge on any atom is 2.00 e. The molecular formula is C3N3NaRu. The molecule has 3 nitrogen and oxygen atoms in total. The third-order valence-corrected chi connectivity index (χ3v) is 0. The summed E-state index contributed by atoms with van der Waals surface area (Å²) in [5, 5.41) is 18.8. The first kappa shape index (κ1) is 42.6. The Hall–Kier alpha value is 0.0934. The maximum absolute atomic E-state index is 6.25. The van der Waals surface area contributed by atoms with Gasteiger partial charge in [0.2, 0.25) is 0 Å². The number of rotatable bonds is 0. The van der Waals surface area contributed by atoms with Crippen molar-refractivity contribution in [3.8, 4) is 0 Å². The minimum Gasteiger partial charge on any atom is -0.512 e. The van der Waals surface area contributed by atoms with E-state index < -0.39 is 0 Å². The maximum atomic E-state index is 6.25. The van der Waals surface area contributed by atoms with Crippen molar-refractivity contribution in [1.29, 1.82) is 15.8 Å². The standard InChI is InChI=1S/3CN.Na.Ru/c3*1-2;;/q3*-1;+1;+2. The Morgan fingerprint density at radius 2 is 0.625 bits per heavy atom. The van der Waals surface area contributed by atoms with Gasteiger partial charge in [-0.3, -0.25) is 0 Å². The predicted octanol–water partition coefficient (Wildman–Crippen LogP) is -2.71. The number of nitrogens with zero attached hydrogens (tertiary/aromatic N) is 3. The first-order valence-electron chi connectivity index (χ1n) is 0.671. The Bertz CT molecular complexity index is 43.0. The summed E-state index contributed by atoms with van der Waals surface area (Å²) in [6.07, 6.45) is 0. The van der Waals surface area contributed by atoms with Crippen molar-refractivity contribution in [2.24, 2.45) is 0 Å². The fourth-order valence-corrected chi connectivity index (χ4v) is 0. The summed E-state index contributed by atoms with van der Waals surface area (Å²) in [5.74, 6) is 0. The minimum absolute atomic E-state index is 0. The normalized spacial score (nSPS) is 0.750. The van der Waals surface area contributed by atoms with E-state index in [0.717, 1.165) is 0 Å². The summed E-state index contributed by atoms with van der Waals surface area (Å²) in [6.45, 7) is 14.2. The molecule has 0 aromatic heterocycles. The molecule has 0 aliphatic heterocycles. The van der Waals surface area contributed by atoms with Crippen LogP contribution in [0.4, 0.5) is 0 Å². The zero-order valence-electron chi connectivity index (χ0n) is 4.20. The fraction of sp³-hybridized carbons (Fsp3) is 0. The molecule has 5 heteroatoms. The smallest absolute Gasteiger partial charge is 0.512 e. The van der Waals surface area contributed by atoms with Crippen LogP contribution in [0.1, 0.15) is 0 Å². The molecule has 0 saturated heterocycles. The Morgan fingerprint density at radius 3 is 0.625 bits per heavy atom. The van der Waals surface area contributed by atoms with E-state index in [1.54, 1.807) is 0 Å². The molecule has 0 bridgehead atoms. The first-order valence-corrected chi connectivity index (χ1v) is 0.671. The van der Waals surface area contributed by atoms with Crippen LogP contribution < -0.4 is 29.6 Å². The largest absolute Gasteiger partial charge is 2.00 e. The van der Waals surface area contributed by atoms with E-state index in [1.807, 2.05) is 0 Å². The van der Waals surface area contributed by atoms with E-state index in [0.29, 0.717) is 0 Å². The van der Waals surface area contributed by atoms with Crippen LogP contribution in [-0.2, 0) is 19.5 Å². The second kappa shape index (κ2) is 30200. The third kappa shape index (κ3) is 18100. The van der Waals surface area contributed by atoms with Gasteiger partial charge in [-0.1, -0.05) is 0 Å². The van der Waals surface area contributed by atoms with Gasteiger partial charge in [-0.05, 0) is 0 Å². The van der Waals surface area contributed by atoms with E-state index in [4.69, 9.17) is 35.5 Å². The molecule has 0 N–H and O–H groups in total. The minimum atomic E-state index is 0. The second-order valence-electron chi connectivity index (χ2n) is 0. The second-order valence-corrected chi connectivity index (χ2v) is 0. The zero-order chi connectivity index (χ0) is 6.00. The van der Waals surface area contributed by atoms with Gasteiger partial charge in [0.1, 0.15) is 0 Å². The molecule has 0 amide bonds. The van der Waals surface area contributed by atoms with Crippen molar-refractivity contribution >= 4 is 0 Å². The van der Waals surface area contributed by atoms with Crippen molar-refractivity contribution in [2.75, 3.05) is 0 Å². The molecule has 0 unspecified atom stereocenters. The van der Waals surface area contributed by atoms with Gasteiger partial charge in [-0.2, -0.15) is 0 Å². The van der Waals surface area contributed by atoms with Crippen LogP contribution in [0.25, 0.3) is 0 Å². The third-order valence-electron chi connectivity index (χ3n) is 0. The van der Waals surface area contributed by atoms with Gasteiger partial charge < -0.3 is 35.5 Å². The Balaban J connectivity index is -0.00000000500. The topological polar surface area (TPSA) is 71.4 Å². The average Bonchev–Trinajstić information content (AvgIpc) is 1.81. The van der Waals surface area contributed by atoms with Gasteiger partial charge in [-0.25, -0.2) is 0 Å². The van der Waals surface area contributed by atoms with E-state index in [1.165, 1.54) is 0 Å². The van der Waals surface area contributed by atoms with Gasteiger partial charge in [0.25, 0.3) is 0 Å². The zero-order valence-corrected chi connectivity index (χ0v) is 7.93.